The number of imidazole rings is 1. The van der Waals surface area contributed by atoms with Crippen LogP contribution in [-0.2, 0) is 28.0 Å². The SMILES string of the molecule is COC(C)(C)c1noc(-c2ncn3c2Cc2cn(CC4CCCO4)nc2-c2cc(Cl)ccc2-3)n1. The average molecular weight is 481 g/mol. The van der Waals surface area contributed by atoms with Gasteiger partial charge in [-0.25, -0.2) is 4.98 Å². The van der Waals surface area contributed by atoms with Crippen molar-refractivity contribution in [2.24, 2.45) is 0 Å². The summed E-state index contributed by atoms with van der Waals surface area (Å²) in [6.45, 7) is 5.33. The Hall–Kier alpha value is -3.01. The van der Waals surface area contributed by atoms with Crippen LogP contribution in [-0.4, -0.2) is 49.3 Å². The van der Waals surface area contributed by atoms with Gasteiger partial charge in [0.15, 0.2) is 5.69 Å². The molecule has 34 heavy (non-hydrogen) atoms. The van der Waals surface area contributed by atoms with E-state index in [-0.39, 0.29) is 6.10 Å². The molecule has 3 aromatic heterocycles. The number of fused-ring (bicyclic) bond motifs is 5. The molecule has 0 aliphatic carbocycles. The highest BCUT2D eigenvalue weighted by molar-refractivity contribution is 6.31. The van der Waals surface area contributed by atoms with E-state index in [4.69, 9.17) is 30.7 Å². The third kappa shape index (κ3) is 3.55. The van der Waals surface area contributed by atoms with Crippen molar-refractivity contribution < 1.29 is 14.0 Å². The molecular weight excluding hydrogens is 456 g/mol. The van der Waals surface area contributed by atoms with Crippen LogP contribution in [0.3, 0.4) is 0 Å². The second kappa shape index (κ2) is 8.04. The molecule has 0 N–H and O–H groups in total. The Balaban J connectivity index is 1.46. The summed E-state index contributed by atoms with van der Waals surface area (Å²) >= 11 is 6.40. The van der Waals surface area contributed by atoms with Crippen molar-refractivity contribution in [3.63, 3.8) is 0 Å². The van der Waals surface area contributed by atoms with Crippen LogP contribution >= 0.6 is 11.6 Å². The molecule has 1 saturated heterocycles. The molecule has 2 aliphatic heterocycles. The first-order valence-corrected chi connectivity index (χ1v) is 11.7. The Morgan fingerprint density at radius 2 is 2.15 bits per heavy atom. The topological polar surface area (TPSA) is 93.0 Å². The molecule has 2 aliphatic rings. The normalized spacial score (nSPS) is 17.4. The molecule has 6 rings (SSSR count). The Bertz CT molecular complexity index is 1360. The smallest absolute Gasteiger partial charge is 0.278 e. The number of methoxy groups -OCH3 is 1. The second-order valence-electron chi connectivity index (χ2n) is 9.25. The number of ether oxygens (including phenoxy) is 2. The van der Waals surface area contributed by atoms with Crippen LogP contribution in [0.5, 0.6) is 0 Å². The predicted molar refractivity (Wildman–Crippen MR) is 125 cm³/mol. The maximum absolute atomic E-state index is 6.40. The Morgan fingerprint density at radius 1 is 1.26 bits per heavy atom. The van der Waals surface area contributed by atoms with E-state index in [2.05, 4.69) is 25.9 Å². The Morgan fingerprint density at radius 3 is 2.94 bits per heavy atom. The summed E-state index contributed by atoms with van der Waals surface area (Å²) in [5.41, 5.74) is 4.84. The minimum Gasteiger partial charge on any atom is -0.376 e. The van der Waals surface area contributed by atoms with E-state index >= 15 is 0 Å². The van der Waals surface area contributed by atoms with Crippen molar-refractivity contribution in [2.45, 2.75) is 51.4 Å². The summed E-state index contributed by atoms with van der Waals surface area (Å²) in [5.74, 6) is 0.831. The molecule has 9 nitrogen and oxygen atoms in total. The molecular formula is C24H25ClN6O3. The molecule has 0 spiro atoms. The second-order valence-corrected chi connectivity index (χ2v) is 9.68. The Labute approximate surface area is 201 Å². The van der Waals surface area contributed by atoms with Gasteiger partial charge in [0.2, 0.25) is 5.82 Å². The monoisotopic (exact) mass is 480 g/mol. The van der Waals surface area contributed by atoms with Gasteiger partial charge in [0.05, 0.1) is 29.7 Å². The quantitative estimate of drug-likeness (QED) is 0.368. The minimum atomic E-state index is -0.668. The van der Waals surface area contributed by atoms with Crippen LogP contribution in [0.4, 0.5) is 0 Å². The molecule has 1 atom stereocenters. The number of nitrogens with zero attached hydrogens (tertiary/aromatic N) is 6. The van der Waals surface area contributed by atoms with Crippen LogP contribution in [0.1, 0.15) is 43.8 Å². The Kier molecular flexibility index (Phi) is 5.09. The van der Waals surface area contributed by atoms with Crippen molar-refractivity contribution in [2.75, 3.05) is 13.7 Å². The van der Waals surface area contributed by atoms with Crippen molar-refractivity contribution in [1.82, 2.24) is 29.5 Å². The van der Waals surface area contributed by atoms with E-state index in [9.17, 15) is 0 Å². The molecule has 0 radical (unpaired) electrons. The molecule has 1 unspecified atom stereocenters. The molecule has 176 valence electrons. The molecule has 0 bridgehead atoms. The fraction of sp³-hybridized carbons (Fsp3) is 0.417. The van der Waals surface area contributed by atoms with Gasteiger partial charge in [-0.2, -0.15) is 10.1 Å². The standard InChI is InChI=1S/C24H25ClN6O3/c1-24(2,32-3)23-27-22(34-29-23)21-19-9-14-11-30(12-16-5-4-8-33-16)28-20(14)17-10-15(25)6-7-18(17)31(19)13-26-21/h6-7,10-11,13,16H,4-5,8-9,12H2,1-3H3. The van der Waals surface area contributed by atoms with Gasteiger partial charge >= 0.3 is 0 Å². The first-order chi connectivity index (χ1) is 16.4. The summed E-state index contributed by atoms with van der Waals surface area (Å²) in [6, 6.07) is 5.83. The number of halogens is 1. The zero-order chi connectivity index (χ0) is 23.4. The van der Waals surface area contributed by atoms with Crippen LogP contribution in [0.25, 0.3) is 28.5 Å². The maximum Gasteiger partial charge on any atom is 0.278 e. The predicted octanol–water partition coefficient (Wildman–Crippen LogP) is 4.40. The highest BCUT2D eigenvalue weighted by Crippen LogP contribution is 2.39. The number of aromatic nitrogens is 6. The van der Waals surface area contributed by atoms with Crippen LogP contribution in [0, 0.1) is 0 Å². The molecule has 10 heteroatoms. The van der Waals surface area contributed by atoms with Gasteiger partial charge in [0, 0.05) is 42.5 Å². The highest BCUT2D eigenvalue weighted by atomic mass is 35.5. The van der Waals surface area contributed by atoms with Crippen LogP contribution < -0.4 is 0 Å². The summed E-state index contributed by atoms with van der Waals surface area (Å²) in [6.07, 6.45) is 6.84. The maximum atomic E-state index is 6.40. The lowest BCUT2D eigenvalue weighted by Gasteiger charge is -2.17. The van der Waals surface area contributed by atoms with Gasteiger partial charge in [0.25, 0.3) is 5.89 Å². The number of hydrogen-bond acceptors (Lipinski definition) is 7. The van der Waals surface area contributed by atoms with E-state index in [0.717, 1.165) is 54.2 Å². The van der Waals surface area contributed by atoms with Crippen molar-refractivity contribution >= 4 is 11.6 Å². The van der Waals surface area contributed by atoms with Crippen molar-refractivity contribution in [3.8, 4) is 28.5 Å². The summed E-state index contributed by atoms with van der Waals surface area (Å²) in [4.78, 5) is 9.26. The van der Waals surface area contributed by atoms with Gasteiger partial charge in [-0.05, 0) is 44.9 Å². The van der Waals surface area contributed by atoms with E-state index in [1.807, 2.05) is 36.7 Å². The lowest BCUT2D eigenvalue weighted by molar-refractivity contribution is 0.00973. The van der Waals surface area contributed by atoms with Gasteiger partial charge < -0.3 is 18.6 Å². The zero-order valence-corrected chi connectivity index (χ0v) is 20.0. The molecule has 1 fully saturated rings. The summed E-state index contributed by atoms with van der Waals surface area (Å²) in [7, 11) is 1.62. The van der Waals surface area contributed by atoms with Gasteiger partial charge in [-0.1, -0.05) is 16.8 Å². The largest absolute Gasteiger partial charge is 0.376 e. The molecule has 5 heterocycles. The van der Waals surface area contributed by atoms with E-state index in [0.29, 0.717) is 28.9 Å². The van der Waals surface area contributed by atoms with E-state index in [1.165, 1.54) is 0 Å². The molecule has 4 aromatic rings. The highest BCUT2D eigenvalue weighted by Gasteiger charge is 2.31. The van der Waals surface area contributed by atoms with Crippen LogP contribution in [0.2, 0.25) is 5.02 Å². The van der Waals surface area contributed by atoms with E-state index < -0.39 is 5.60 Å². The lowest BCUT2D eigenvalue weighted by atomic mass is 10.0. The van der Waals surface area contributed by atoms with Gasteiger partial charge in [-0.3, -0.25) is 4.68 Å². The summed E-state index contributed by atoms with van der Waals surface area (Å²) < 4.78 is 21.0. The van der Waals surface area contributed by atoms with Crippen molar-refractivity contribution in [3.05, 3.63) is 52.8 Å². The third-order valence-electron chi connectivity index (χ3n) is 6.63. The average Bonchev–Trinajstić information content (AvgIpc) is 3.61. The molecule has 0 amide bonds. The minimum absolute atomic E-state index is 0.199. The fourth-order valence-corrected chi connectivity index (χ4v) is 4.75. The van der Waals surface area contributed by atoms with Crippen molar-refractivity contribution in [1.29, 1.82) is 0 Å². The van der Waals surface area contributed by atoms with Gasteiger partial charge in [-0.15, -0.1) is 0 Å². The summed E-state index contributed by atoms with van der Waals surface area (Å²) in [5, 5.41) is 9.74. The number of rotatable bonds is 5. The lowest BCUT2D eigenvalue weighted by Crippen LogP contribution is -2.21. The first-order valence-electron chi connectivity index (χ1n) is 11.4. The number of hydrogen-bond donors (Lipinski definition) is 0. The zero-order valence-electron chi connectivity index (χ0n) is 19.3. The molecule has 1 aromatic carbocycles. The fourth-order valence-electron chi connectivity index (χ4n) is 4.58. The number of benzene rings is 1. The molecule has 0 saturated carbocycles. The van der Waals surface area contributed by atoms with E-state index in [1.54, 1.807) is 13.4 Å². The third-order valence-corrected chi connectivity index (χ3v) is 6.86. The van der Waals surface area contributed by atoms with Gasteiger partial charge in [0.1, 0.15) is 11.9 Å². The first kappa shape index (κ1) is 21.5. The van der Waals surface area contributed by atoms with Crippen LogP contribution in [0.15, 0.2) is 35.2 Å².